The molecule has 134 valence electrons. The lowest BCUT2D eigenvalue weighted by Gasteiger charge is -2.29. The van der Waals surface area contributed by atoms with Crippen LogP contribution >= 0.6 is 0 Å². The number of rotatable bonds is 4. The molecule has 0 bridgehead atoms. The highest BCUT2D eigenvalue weighted by molar-refractivity contribution is 6.01. The molecule has 0 spiro atoms. The zero-order chi connectivity index (χ0) is 17.8. The predicted molar refractivity (Wildman–Crippen MR) is 91.9 cm³/mol. The summed E-state index contributed by atoms with van der Waals surface area (Å²) in [6, 6.07) is 8.70. The van der Waals surface area contributed by atoms with Crippen LogP contribution in [-0.2, 0) is 19.1 Å². The van der Waals surface area contributed by atoms with Gasteiger partial charge in [0.15, 0.2) is 0 Å². The maximum atomic E-state index is 12.5. The quantitative estimate of drug-likeness (QED) is 0.857. The maximum Gasteiger partial charge on any atom is 0.245 e. The fraction of sp³-hybridized carbons (Fsp3) is 0.500. The summed E-state index contributed by atoms with van der Waals surface area (Å²) in [6.07, 6.45) is 0.166. The number of morpholine rings is 1. The highest BCUT2D eigenvalue weighted by atomic mass is 16.5. The zero-order valence-electron chi connectivity index (χ0n) is 14.3. The van der Waals surface area contributed by atoms with Gasteiger partial charge in [-0.1, -0.05) is 18.2 Å². The van der Waals surface area contributed by atoms with Crippen LogP contribution in [0.5, 0.6) is 0 Å². The van der Waals surface area contributed by atoms with E-state index in [0.717, 1.165) is 5.69 Å². The van der Waals surface area contributed by atoms with E-state index in [1.54, 1.807) is 16.7 Å². The number of hydrogen-bond acceptors (Lipinski definition) is 4. The lowest BCUT2D eigenvalue weighted by molar-refractivity contribution is -0.140. The van der Waals surface area contributed by atoms with E-state index in [2.05, 4.69) is 5.32 Å². The number of hydrogen-bond donors (Lipinski definition) is 1. The second-order valence-electron chi connectivity index (χ2n) is 6.41. The Kier molecular flexibility index (Phi) is 5.33. The third-order valence-corrected chi connectivity index (χ3v) is 4.62. The fourth-order valence-corrected chi connectivity index (χ4v) is 3.19. The third kappa shape index (κ3) is 3.99. The molecule has 0 aliphatic carbocycles. The molecule has 0 radical (unpaired) electrons. The first kappa shape index (κ1) is 17.4. The summed E-state index contributed by atoms with van der Waals surface area (Å²) in [5.74, 6) is -0.868. The number of nitrogens with zero attached hydrogens (tertiary/aromatic N) is 2. The van der Waals surface area contributed by atoms with Crippen LogP contribution in [0.1, 0.15) is 13.3 Å². The van der Waals surface area contributed by atoms with Crippen molar-refractivity contribution < 1.29 is 19.1 Å². The summed E-state index contributed by atoms with van der Waals surface area (Å²) in [7, 11) is 0. The molecule has 7 nitrogen and oxygen atoms in total. The standard InChI is InChI=1S/C18H23N3O4/c1-13(18(24)20-7-9-25-10-8-20)19-17(23)14-11-16(22)21(12-14)15-5-3-2-4-6-15/h2-6,13-14H,7-12H2,1H3,(H,19,23)/t13-,14-/m1/s1. The van der Waals surface area contributed by atoms with Crippen molar-refractivity contribution in [1.82, 2.24) is 10.2 Å². The van der Waals surface area contributed by atoms with Gasteiger partial charge in [0.05, 0.1) is 19.1 Å². The Hall–Kier alpha value is -2.41. The highest BCUT2D eigenvalue weighted by Crippen LogP contribution is 2.25. The van der Waals surface area contributed by atoms with E-state index in [0.29, 0.717) is 32.8 Å². The highest BCUT2D eigenvalue weighted by Gasteiger charge is 2.36. The molecule has 0 unspecified atom stereocenters. The van der Waals surface area contributed by atoms with Crippen LogP contribution in [-0.4, -0.2) is 61.5 Å². The monoisotopic (exact) mass is 345 g/mol. The number of para-hydroxylation sites is 1. The van der Waals surface area contributed by atoms with E-state index in [1.165, 1.54) is 0 Å². The SMILES string of the molecule is C[C@@H](NC(=O)[C@@H]1CC(=O)N(c2ccccc2)C1)C(=O)N1CCOCC1. The predicted octanol–water partition coefficient (Wildman–Crippen LogP) is 0.403. The molecule has 3 amide bonds. The Morgan fingerprint density at radius 2 is 1.88 bits per heavy atom. The van der Waals surface area contributed by atoms with Crippen molar-refractivity contribution in [1.29, 1.82) is 0 Å². The second kappa shape index (κ2) is 7.65. The molecule has 2 atom stereocenters. The van der Waals surface area contributed by atoms with Crippen molar-refractivity contribution >= 4 is 23.4 Å². The molecule has 0 aromatic heterocycles. The second-order valence-corrected chi connectivity index (χ2v) is 6.41. The van der Waals surface area contributed by atoms with E-state index < -0.39 is 12.0 Å². The van der Waals surface area contributed by atoms with Crippen molar-refractivity contribution in [3.05, 3.63) is 30.3 Å². The minimum atomic E-state index is -0.605. The molecule has 0 saturated carbocycles. The van der Waals surface area contributed by atoms with Gasteiger partial charge < -0.3 is 19.9 Å². The maximum absolute atomic E-state index is 12.5. The number of ether oxygens (including phenoxy) is 1. The van der Waals surface area contributed by atoms with E-state index in [1.807, 2.05) is 30.3 Å². The van der Waals surface area contributed by atoms with Crippen LogP contribution in [0.3, 0.4) is 0 Å². The van der Waals surface area contributed by atoms with Gasteiger partial charge in [-0.15, -0.1) is 0 Å². The Labute approximate surface area is 146 Å². The van der Waals surface area contributed by atoms with E-state index in [9.17, 15) is 14.4 Å². The molecule has 1 aromatic rings. The van der Waals surface area contributed by atoms with Gasteiger partial charge in [-0.05, 0) is 19.1 Å². The molecule has 2 saturated heterocycles. The van der Waals surface area contributed by atoms with Crippen molar-refractivity contribution in [2.24, 2.45) is 5.92 Å². The number of carbonyl (C=O) groups is 3. The largest absolute Gasteiger partial charge is 0.378 e. The summed E-state index contributed by atoms with van der Waals surface area (Å²) in [5.41, 5.74) is 0.792. The Morgan fingerprint density at radius 3 is 2.56 bits per heavy atom. The first-order valence-electron chi connectivity index (χ1n) is 8.58. The molecular weight excluding hydrogens is 322 g/mol. The van der Waals surface area contributed by atoms with Crippen molar-refractivity contribution in [3.63, 3.8) is 0 Å². The average molecular weight is 345 g/mol. The first-order valence-corrected chi connectivity index (χ1v) is 8.58. The molecular formula is C18H23N3O4. The minimum absolute atomic E-state index is 0.0708. The van der Waals surface area contributed by atoms with Crippen molar-refractivity contribution in [3.8, 4) is 0 Å². The van der Waals surface area contributed by atoms with Crippen molar-refractivity contribution in [2.75, 3.05) is 37.7 Å². The van der Waals surface area contributed by atoms with Crippen LogP contribution < -0.4 is 10.2 Å². The molecule has 3 rings (SSSR count). The number of anilines is 1. The van der Waals surface area contributed by atoms with Crippen LogP contribution in [0.25, 0.3) is 0 Å². The number of benzene rings is 1. The van der Waals surface area contributed by atoms with Gasteiger partial charge >= 0.3 is 0 Å². The van der Waals surface area contributed by atoms with Gasteiger partial charge in [0.1, 0.15) is 6.04 Å². The van der Waals surface area contributed by atoms with Gasteiger partial charge in [0.2, 0.25) is 17.7 Å². The van der Waals surface area contributed by atoms with Crippen LogP contribution in [0.15, 0.2) is 30.3 Å². The molecule has 25 heavy (non-hydrogen) atoms. The molecule has 2 heterocycles. The summed E-state index contributed by atoms with van der Waals surface area (Å²) in [5, 5.41) is 2.76. The molecule has 2 aliphatic heterocycles. The van der Waals surface area contributed by atoms with E-state index >= 15 is 0 Å². The zero-order valence-corrected chi connectivity index (χ0v) is 14.3. The smallest absolute Gasteiger partial charge is 0.245 e. The van der Waals surface area contributed by atoms with Gasteiger partial charge in [-0.2, -0.15) is 0 Å². The van der Waals surface area contributed by atoms with Gasteiger partial charge in [0.25, 0.3) is 0 Å². The normalized spacial score (nSPS) is 22.0. The molecule has 1 N–H and O–H groups in total. The van der Waals surface area contributed by atoms with Crippen molar-refractivity contribution in [2.45, 2.75) is 19.4 Å². The number of nitrogens with one attached hydrogen (secondary N) is 1. The van der Waals surface area contributed by atoms with Crippen LogP contribution in [0.4, 0.5) is 5.69 Å². The Bertz CT molecular complexity index is 643. The molecule has 2 aliphatic rings. The average Bonchev–Trinajstić information content (AvgIpc) is 3.04. The lowest BCUT2D eigenvalue weighted by Crippen LogP contribution is -2.51. The number of amides is 3. The van der Waals surface area contributed by atoms with Gasteiger partial charge in [0, 0.05) is 31.7 Å². The van der Waals surface area contributed by atoms with E-state index in [4.69, 9.17) is 4.74 Å². The minimum Gasteiger partial charge on any atom is -0.378 e. The molecule has 2 fully saturated rings. The van der Waals surface area contributed by atoms with Crippen LogP contribution in [0.2, 0.25) is 0 Å². The number of carbonyl (C=O) groups excluding carboxylic acids is 3. The Morgan fingerprint density at radius 1 is 1.20 bits per heavy atom. The molecule has 7 heteroatoms. The molecule has 1 aromatic carbocycles. The summed E-state index contributed by atoms with van der Waals surface area (Å²) in [6.45, 7) is 4.16. The lowest BCUT2D eigenvalue weighted by atomic mass is 10.1. The van der Waals surface area contributed by atoms with Gasteiger partial charge in [-0.25, -0.2) is 0 Å². The van der Waals surface area contributed by atoms with E-state index in [-0.39, 0.29) is 24.1 Å². The fourth-order valence-electron chi connectivity index (χ4n) is 3.19. The Balaban J connectivity index is 1.56. The first-order chi connectivity index (χ1) is 12.1. The topological polar surface area (TPSA) is 79.0 Å². The summed E-state index contributed by atoms with van der Waals surface area (Å²) in [4.78, 5) is 40.4. The third-order valence-electron chi connectivity index (χ3n) is 4.62. The van der Waals surface area contributed by atoms with Crippen LogP contribution in [0, 0.1) is 5.92 Å². The summed E-state index contributed by atoms with van der Waals surface area (Å²) >= 11 is 0. The van der Waals surface area contributed by atoms with Gasteiger partial charge in [-0.3, -0.25) is 14.4 Å². The summed E-state index contributed by atoms with van der Waals surface area (Å²) < 4.78 is 5.23.